The number of rotatable bonds is 6. The van der Waals surface area contributed by atoms with Gasteiger partial charge in [0.2, 0.25) is 0 Å². The molecule has 2 aliphatic rings. The maximum Gasteiger partial charge on any atom is 0.0561 e. The summed E-state index contributed by atoms with van der Waals surface area (Å²) in [6, 6.07) is 50.4. The molecule has 0 bridgehead atoms. The van der Waals surface area contributed by atoms with Crippen molar-refractivity contribution in [3.63, 3.8) is 0 Å². The number of hydrazone groups is 1. The second-order valence-electron chi connectivity index (χ2n) is 13.5. The minimum atomic E-state index is -0.0821. The highest BCUT2D eigenvalue weighted by molar-refractivity contribution is 5.89. The zero-order valence-electron chi connectivity index (χ0n) is 26.8. The van der Waals surface area contributed by atoms with E-state index in [2.05, 4.69) is 152 Å². The van der Waals surface area contributed by atoms with Crippen molar-refractivity contribution in [1.29, 1.82) is 0 Å². The van der Waals surface area contributed by atoms with Crippen LogP contribution in [-0.4, -0.2) is 6.21 Å². The molecule has 8 rings (SSSR count). The normalized spacial score (nSPS) is 14.8. The monoisotopic (exact) mass is 595 g/mol. The Labute approximate surface area is 271 Å². The van der Waals surface area contributed by atoms with E-state index >= 15 is 0 Å². The number of nitrogens with one attached hydrogen (secondary N) is 1. The Kier molecular flexibility index (Phi) is 6.47. The van der Waals surface area contributed by atoms with Crippen LogP contribution in [0.4, 0.5) is 22.7 Å². The average molecular weight is 596 g/mol. The van der Waals surface area contributed by atoms with Gasteiger partial charge in [-0.3, -0.25) is 5.43 Å². The summed E-state index contributed by atoms with van der Waals surface area (Å²) in [6.45, 7) is 9.38. The van der Waals surface area contributed by atoms with Gasteiger partial charge in [0.25, 0.3) is 0 Å². The summed E-state index contributed by atoms with van der Waals surface area (Å²) in [5.41, 5.74) is 19.2. The van der Waals surface area contributed by atoms with E-state index in [0.717, 1.165) is 28.3 Å². The lowest BCUT2D eigenvalue weighted by molar-refractivity contribution is 0.660. The van der Waals surface area contributed by atoms with Crippen molar-refractivity contribution in [2.24, 2.45) is 5.10 Å². The molecule has 0 saturated carbocycles. The first-order chi connectivity index (χ1) is 22.3. The lowest BCUT2D eigenvalue weighted by Crippen LogP contribution is -2.18. The molecular weight excluding hydrogens is 558 g/mol. The molecule has 46 heavy (non-hydrogen) atoms. The molecule has 6 aromatic carbocycles. The maximum atomic E-state index is 4.46. The predicted octanol–water partition coefficient (Wildman–Crippen LogP) is 11.2. The molecule has 0 aliphatic heterocycles. The highest BCUT2D eigenvalue weighted by Gasteiger charge is 2.37. The third-order valence-electron chi connectivity index (χ3n) is 9.98. The Morgan fingerprint density at radius 1 is 0.478 bits per heavy atom. The van der Waals surface area contributed by atoms with E-state index in [1.54, 1.807) is 0 Å². The zero-order chi connectivity index (χ0) is 31.5. The van der Waals surface area contributed by atoms with Crippen LogP contribution in [0.25, 0.3) is 22.3 Å². The Morgan fingerprint density at radius 3 is 1.48 bits per heavy atom. The fourth-order valence-corrected chi connectivity index (χ4v) is 7.51. The van der Waals surface area contributed by atoms with E-state index < -0.39 is 0 Å². The minimum absolute atomic E-state index is 0.0821. The van der Waals surface area contributed by atoms with E-state index in [0.29, 0.717) is 0 Å². The quantitative estimate of drug-likeness (QED) is 0.153. The maximum absolute atomic E-state index is 4.46. The third-order valence-corrected chi connectivity index (χ3v) is 9.98. The van der Waals surface area contributed by atoms with E-state index in [1.165, 1.54) is 44.5 Å². The van der Waals surface area contributed by atoms with Gasteiger partial charge in [0.1, 0.15) is 0 Å². The molecule has 0 aromatic heterocycles. The second-order valence-corrected chi connectivity index (χ2v) is 13.5. The molecule has 3 heteroatoms. The van der Waals surface area contributed by atoms with Gasteiger partial charge in [0.15, 0.2) is 0 Å². The molecule has 3 nitrogen and oxygen atoms in total. The van der Waals surface area contributed by atoms with Crippen LogP contribution in [0.2, 0.25) is 0 Å². The third kappa shape index (κ3) is 4.46. The largest absolute Gasteiger partial charge is 0.310 e. The van der Waals surface area contributed by atoms with Gasteiger partial charge >= 0.3 is 0 Å². The van der Waals surface area contributed by atoms with Crippen molar-refractivity contribution in [3.05, 3.63) is 167 Å². The van der Waals surface area contributed by atoms with Crippen LogP contribution in [0.15, 0.2) is 145 Å². The van der Waals surface area contributed by atoms with Crippen molar-refractivity contribution in [1.82, 2.24) is 0 Å². The molecule has 0 amide bonds. The van der Waals surface area contributed by atoms with Gasteiger partial charge in [0.05, 0.1) is 11.9 Å². The summed E-state index contributed by atoms with van der Waals surface area (Å²) < 4.78 is 0. The minimum Gasteiger partial charge on any atom is -0.310 e. The second kappa shape index (κ2) is 10.6. The van der Waals surface area contributed by atoms with Gasteiger partial charge in [-0.25, -0.2) is 0 Å². The average Bonchev–Trinajstić information content (AvgIpc) is 3.45. The SMILES string of the molecule is CC1(C)c2ccccc2-c2ccc(N(c3ccc(/C=N/Nc4ccccc4)cc3)c3ccc4c(c3)C(C)(C)c3ccccc3-4)cc21. The first kappa shape index (κ1) is 28.1. The zero-order valence-corrected chi connectivity index (χ0v) is 26.8. The van der Waals surface area contributed by atoms with Crippen LogP contribution >= 0.6 is 0 Å². The molecule has 0 unspecified atom stereocenters. The van der Waals surface area contributed by atoms with Crippen LogP contribution < -0.4 is 10.3 Å². The highest BCUT2D eigenvalue weighted by atomic mass is 15.3. The fourth-order valence-electron chi connectivity index (χ4n) is 7.51. The van der Waals surface area contributed by atoms with Crippen LogP contribution in [0.5, 0.6) is 0 Å². The van der Waals surface area contributed by atoms with Crippen LogP contribution in [0.1, 0.15) is 55.5 Å². The van der Waals surface area contributed by atoms with Crippen molar-refractivity contribution < 1.29 is 0 Å². The van der Waals surface area contributed by atoms with Gasteiger partial charge in [0, 0.05) is 27.9 Å². The van der Waals surface area contributed by atoms with E-state index in [4.69, 9.17) is 0 Å². The Balaban J connectivity index is 1.22. The van der Waals surface area contributed by atoms with Crippen molar-refractivity contribution >= 4 is 29.0 Å². The first-order valence-corrected chi connectivity index (χ1v) is 16.1. The fraction of sp³-hybridized carbons (Fsp3) is 0.140. The lowest BCUT2D eigenvalue weighted by atomic mass is 9.82. The molecule has 0 radical (unpaired) electrons. The van der Waals surface area contributed by atoms with Gasteiger partial charge in [-0.05, 0) is 98.6 Å². The Bertz CT molecular complexity index is 2010. The predicted molar refractivity (Wildman–Crippen MR) is 194 cm³/mol. The smallest absolute Gasteiger partial charge is 0.0561 e. The molecule has 0 heterocycles. The number of hydrogen-bond donors (Lipinski definition) is 1. The van der Waals surface area contributed by atoms with Crippen molar-refractivity contribution in [2.45, 2.75) is 38.5 Å². The molecule has 0 saturated heterocycles. The molecular formula is C43H37N3. The first-order valence-electron chi connectivity index (χ1n) is 16.1. The summed E-state index contributed by atoms with van der Waals surface area (Å²) in [7, 11) is 0. The molecule has 2 aliphatic carbocycles. The molecule has 0 atom stereocenters. The number of para-hydroxylation sites is 1. The number of hydrogen-bond acceptors (Lipinski definition) is 3. The molecule has 0 fully saturated rings. The summed E-state index contributed by atoms with van der Waals surface area (Å²) in [6.07, 6.45) is 1.87. The van der Waals surface area contributed by atoms with Gasteiger partial charge in [-0.1, -0.05) is 119 Å². The van der Waals surface area contributed by atoms with E-state index in [9.17, 15) is 0 Å². The van der Waals surface area contributed by atoms with E-state index in [-0.39, 0.29) is 10.8 Å². The number of anilines is 4. The van der Waals surface area contributed by atoms with Crippen molar-refractivity contribution in [2.75, 3.05) is 10.3 Å². The molecule has 0 spiro atoms. The molecule has 1 N–H and O–H groups in total. The Morgan fingerprint density at radius 2 is 0.935 bits per heavy atom. The van der Waals surface area contributed by atoms with E-state index in [1.807, 2.05) is 36.5 Å². The summed E-state index contributed by atoms with van der Waals surface area (Å²) in [4.78, 5) is 2.40. The van der Waals surface area contributed by atoms with Crippen LogP contribution in [-0.2, 0) is 10.8 Å². The summed E-state index contributed by atoms with van der Waals surface area (Å²) in [5.74, 6) is 0. The van der Waals surface area contributed by atoms with Crippen molar-refractivity contribution in [3.8, 4) is 22.3 Å². The van der Waals surface area contributed by atoms with Crippen LogP contribution in [0, 0.1) is 0 Å². The number of benzene rings is 6. The summed E-state index contributed by atoms with van der Waals surface area (Å²) >= 11 is 0. The summed E-state index contributed by atoms with van der Waals surface area (Å²) in [5, 5.41) is 4.46. The topological polar surface area (TPSA) is 27.6 Å². The molecule has 224 valence electrons. The van der Waals surface area contributed by atoms with Gasteiger partial charge < -0.3 is 4.90 Å². The molecule has 6 aromatic rings. The van der Waals surface area contributed by atoms with Gasteiger partial charge in [-0.15, -0.1) is 0 Å². The number of nitrogens with zero attached hydrogens (tertiary/aromatic N) is 2. The standard InChI is InChI=1S/C43H37N3/c1-42(2)38-16-10-8-14-34(38)36-24-22-32(26-40(36)42)46(31-20-18-29(19-21-31)28-44-45-30-12-6-5-7-13-30)33-23-25-37-35-15-9-11-17-39(35)43(3,4)41(37)27-33/h5-28,45H,1-4H3/b44-28+. The number of fused-ring (bicyclic) bond motifs is 6. The Hall–Kier alpha value is -5.41. The lowest BCUT2D eigenvalue weighted by Gasteiger charge is -2.29. The van der Waals surface area contributed by atoms with Crippen LogP contribution in [0.3, 0.4) is 0 Å². The van der Waals surface area contributed by atoms with Gasteiger partial charge in [-0.2, -0.15) is 5.10 Å². The highest BCUT2D eigenvalue weighted by Crippen LogP contribution is 2.52.